The number of carbonyl (C=O) groups excluding carboxylic acids is 1. The molecule has 2 aromatic heterocycles. The van der Waals surface area contributed by atoms with Crippen molar-refractivity contribution in [2.75, 3.05) is 0 Å². The van der Waals surface area contributed by atoms with Gasteiger partial charge in [0.1, 0.15) is 0 Å². The molecule has 2 aromatic rings. The van der Waals surface area contributed by atoms with Crippen molar-refractivity contribution in [3.63, 3.8) is 0 Å². The van der Waals surface area contributed by atoms with E-state index in [1.165, 1.54) is 5.56 Å². The van der Waals surface area contributed by atoms with Crippen LogP contribution in [0.1, 0.15) is 52.5 Å². The van der Waals surface area contributed by atoms with Crippen molar-refractivity contribution in [3.8, 4) is 0 Å². The van der Waals surface area contributed by atoms with Crippen LogP contribution in [0.15, 0.2) is 29.0 Å². The fourth-order valence-electron chi connectivity index (χ4n) is 2.43. The highest BCUT2D eigenvalue weighted by Gasteiger charge is 2.29. The molecule has 120 valence electrons. The maximum absolute atomic E-state index is 11.9. The third kappa shape index (κ3) is 4.16. The minimum absolute atomic E-state index is 0.0201. The van der Waals surface area contributed by atoms with Crippen LogP contribution in [-0.4, -0.2) is 22.0 Å². The lowest BCUT2D eigenvalue weighted by Gasteiger charge is -2.08. The number of carboxylic acids is 1. The number of carboxylic acid groups (broad SMARTS) is 1. The molecule has 1 fully saturated rings. The van der Waals surface area contributed by atoms with Crippen LogP contribution in [-0.2, 0) is 17.8 Å². The van der Waals surface area contributed by atoms with Crippen LogP contribution in [0.2, 0.25) is 0 Å². The standard InChI is InChI=1S/C17H18N2O3S/c20-15(6-1-11-7-8-23-10-11)18-9-13-4-5-14(17(21)22)16(19-13)12-2-3-12/h4-5,7-8,10,12H,1-3,6,9H2,(H,18,20)(H,21,22). The first-order valence-corrected chi connectivity index (χ1v) is 8.58. The first-order valence-electron chi connectivity index (χ1n) is 7.64. The van der Waals surface area contributed by atoms with E-state index in [4.69, 9.17) is 0 Å². The van der Waals surface area contributed by atoms with Gasteiger partial charge < -0.3 is 10.4 Å². The topological polar surface area (TPSA) is 79.3 Å². The Labute approximate surface area is 138 Å². The molecule has 0 bridgehead atoms. The summed E-state index contributed by atoms with van der Waals surface area (Å²) in [6, 6.07) is 5.29. The normalized spacial score (nSPS) is 13.7. The fourth-order valence-corrected chi connectivity index (χ4v) is 3.14. The van der Waals surface area contributed by atoms with Crippen LogP contribution >= 0.6 is 11.3 Å². The predicted molar refractivity (Wildman–Crippen MR) is 87.7 cm³/mol. The summed E-state index contributed by atoms with van der Waals surface area (Å²) in [6.07, 6.45) is 3.15. The van der Waals surface area contributed by atoms with Gasteiger partial charge in [0.05, 0.1) is 23.5 Å². The molecule has 1 aliphatic rings. The molecule has 2 heterocycles. The number of thiophene rings is 1. The van der Waals surface area contributed by atoms with Crippen molar-refractivity contribution in [1.29, 1.82) is 0 Å². The van der Waals surface area contributed by atoms with E-state index in [-0.39, 0.29) is 17.4 Å². The Morgan fingerprint density at radius 3 is 2.78 bits per heavy atom. The highest BCUT2D eigenvalue weighted by atomic mass is 32.1. The first-order chi connectivity index (χ1) is 11.1. The molecule has 1 saturated carbocycles. The number of aromatic nitrogens is 1. The van der Waals surface area contributed by atoms with E-state index < -0.39 is 5.97 Å². The monoisotopic (exact) mass is 330 g/mol. The number of amides is 1. The number of aryl methyl sites for hydroxylation is 1. The van der Waals surface area contributed by atoms with Gasteiger partial charge in [0.2, 0.25) is 5.91 Å². The molecule has 3 rings (SSSR count). The van der Waals surface area contributed by atoms with Crippen molar-refractivity contribution in [3.05, 3.63) is 51.5 Å². The van der Waals surface area contributed by atoms with Crippen molar-refractivity contribution < 1.29 is 14.7 Å². The number of nitrogens with one attached hydrogen (secondary N) is 1. The summed E-state index contributed by atoms with van der Waals surface area (Å²) in [7, 11) is 0. The SMILES string of the molecule is O=C(CCc1ccsc1)NCc1ccc(C(=O)O)c(C2CC2)n1. The largest absolute Gasteiger partial charge is 0.478 e. The van der Waals surface area contributed by atoms with Gasteiger partial charge in [0, 0.05) is 12.3 Å². The third-order valence-corrected chi connectivity index (χ3v) is 4.60. The zero-order chi connectivity index (χ0) is 16.2. The highest BCUT2D eigenvalue weighted by molar-refractivity contribution is 7.07. The van der Waals surface area contributed by atoms with E-state index in [1.807, 2.05) is 16.8 Å². The third-order valence-electron chi connectivity index (χ3n) is 3.86. The van der Waals surface area contributed by atoms with Crippen molar-refractivity contribution >= 4 is 23.2 Å². The van der Waals surface area contributed by atoms with Gasteiger partial charge in [-0.2, -0.15) is 11.3 Å². The molecule has 1 aliphatic carbocycles. The van der Waals surface area contributed by atoms with Gasteiger partial charge >= 0.3 is 5.97 Å². The van der Waals surface area contributed by atoms with E-state index in [0.29, 0.717) is 24.4 Å². The molecular formula is C17H18N2O3S. The number of pyridine rings is 1. The van der Waals surface area contributed by atoms with Crippen LogP contribution in [0.25, 0.3) is 0 Å². The second-order valence-corrected chi connectivity index (χ2v) is 6.50. The Balaban J connectivity index is 1.56. The van der Waals surface area contributed by atoms with Gasteiger partial charge in [0.15, 0.2) is 0 Å². The van der Waals surface area contributed by atoms with Gasteiger partial charge in [-0.1, -0.05) is 0 Å². The smallest absolute Gasteiger partial charge is 0.337 e. The van der Waals surface area contributed by atoms with E-state index in [9.17, 15) is 14.7 Å². The van der Waals surface area contributed by atoms with Crippen LogP contribution in [0.4, 0.5) is 0 Å². The Kier molecular flexibility index (Phi) is 4.71. The summed E-state index contributed by atoms with van der Waals surface area (Å²) < 4.78 is 0. The number of rotatable bonds is 7. The molecule has 0 aliphatic heterocycles. The lowest BCUT2D eigenvalue weighted by Crippen LogP contribution is -2.24. The maximum Gasteiger partial charge on any atom is 0.337 e. The molecule has 23 heavy (non-hydrogen) atoms. The first kappa shape index (κ1) is 15.7. The lowest BCUT2D eigenvalue weighted by molar-refractivity contribution is -0.121. The Hall–Kier alpha value is -2.21. The molecule has 0 aromatic carbocycles. The average Bonchev–Trinajstić information content (AvgIpc) is 3.26. The fraction of sp³-hybridized carbons (Fsp3) is 0.353. The minimum Gasteiger partial charge on any atom is -0.478 e. The Bertz CT molecular complexity index is 709. The van der Waals surface area contributed by atoms with Crippen LogP contribution in [0.3, 0.4) is 0 Å². The quantitative estimate of drug-likeness (QED) is 0.818. The maximum atomic E-state index is 11.9. The van der Waals surface area contributed by atoms with Gasteiger partial charge in [-0.3, -0.25) is 9.78 Å². The number of carbonyl (C=O) groups is 2. The van der Waals surface area contributed by atoms with Crippen molar-refractivity contribution in [2.24, 2.45) is 0 Å². The molecular weight excluding hydrogens is 312 g/mol. The summed E-state index contributed by atoms with van der Waals surface area (Å²) >= 11 is 1.63. The molecule has 0 radical (unpaired) electrons. The molecule has 2 N–H and O–H groups in total. The molecule has 5 nitrogen and oxygen atoms in total. The zero-order valence-electron chi connectivity index (χ0n) is 12.6. The molecule has 0 unspecified atom stereocenters. The van der Waals surface area contributed by atoms with E-state index in [1.54, 1.807) is 23.5 Å². The number of nitrogens with zero attached hydrogens (tertiary/aromatic N) is 1. The van der Waals surface area contributed by atoms with Gasteiger partial charge in [-0.25, -0.2) is 4.79 Å². The molecule has 6 heteroatoms. The van der Waals surface area contributed by atoms with Gasteiger partial charge in [-0.15, -0.1) is 0 Å². The Morgan fingerprint density at radius 2 is 2.13 bits per heavy atom. The summed E-state index contributed by atoms with van der Waals surface area (Å²) in [4.78, 5) is 27.6. The number of hydrogen-bond acceptors (Lipinski definition) is 4. The molecule has 0 atom stereocenters. The van der Waals surface area contributed by atoms with Crippen LogP contribution < -0.4 is 5.32 Å². The average molecular weight is 330 g/mol. The predicted octanol–water partition coefficient (Wildman–Crippen LogP) is 2.97. The van der Waals surface area contributed by atoms with E-state index in [2.05, 4.69) is 10.3 Å². The summed E-state index contributed by atoms with van der Waals surface area (Å²) in [5, 5.41) is 16.1. The van der Waals surface area contributed by atoms with Crippen LogP contribution in [0, 0.1) is 0 Å². The molecule has 0 spiro atoms. The van der Waals surface area contributed by atoms with E-state index >= 15 is 0 Å². The molecule has 0 saturated heterocycles. The summed E-state index contributed by atoms with van der Waals surface area (Å²) in [5.74, 6) is -0.700. The lowest BCUT2D eigenvalue weighted by atomic mass is 10.1. The summed E-state index contributed by atoms with van der Waals surface area (Å²) in [6.45, 7) is 0.335. The Morgan fingerprint density at radius 1 is 1.30 bits per heavy atom. The van der Waals surface area contributed by atoms with Crippen molar-refractivity contribution in [2.45, 2.75) is 38.1 Å². The van der Waals surface area contributed by atoms with Crippen LogP contribution in [0.5, 0.6) is 0 Å². The van der Waals surface area contributed by atoms with E-state index in [0.717, 1.165) is 19.3 Å². The van der Waals surface area contributed by atoms with Crippen molar-refractivity contribution in [1.82, 2.24) is 10.3 Å². The minimum atomic E-state index is -0.939. The summed E-state index contributed by atoms with van der Waals surface area (Å²) in [5.41, 5.74) is 2.81. The number of hydrogen-bond donors (Lipinski definition) is 2. The zero-order valence-corrected chi connectivity index (χ0v) is 13.4. The second-order valence-electron chi connectivity index (χ2n) is 5.72. The molecule has 1 amide bonds. The van der Waals surface area contributed by atoms with Gasteiger partial charge in [-0.05, 0) is 53.8 Å². The van der Waals surface area contributed by atoms with Gasteiger partial charge in [0.25, 0.3) is 0 Å². The highest BCUT2D eigenvalue weighted by Crippen LogP contribution is 2.40. The number of aromatic carboxylic acids is 1. The second kappa shape index (κ2) is 6.91.